The number of rotatable bonds is 4. The van der Waals surface area contributed by atoms with Crippen molar-refractivity contribution in [1.82, 2.24) is 15.3 Å². The number of pyridine rings is 1. The highest BCUT2D eigenvalue weighted by Gasteiger charge is 2.13. The van der Waals surface area contributed by atoms with Crippen molar-refractivity contribution in [3.05, 3.63) is 45.2 Å². The van der Waals surface area contributed by atoms with Crippen molar-refractivity contribution in [3.63, 3.8) is 0 Å². The molecule has 3 nitrogen and oxygen atoms in total. The molecule has 2 rings (SSSR count). The van der Waals surface area contributed by atoms with Crippen molar-refractivity contribution in [3.8, 4) is 0 Å². The van der Waals surface area contributed by atoms with Crippen molar-refractivity contribution in [2.24, 2.45) is 0 Å². The Morgan fingerprint density at radius 1 is 1.17 bits per heavy atom. The summed E-state index contributed by atoms with van der Waals surface area (Å²) in [6.45, 7) is 6.12. The molecule has 0 saturated heterocycles. The molecule has 0 aromatic carbocycles. The van der Waals surface area contributed by atoms with Gasteiger partial charge in [-0.05, 0) is 45.5 Å². The molecule has 4 heteroatoms. The van der Waals surface area contributed by atoms with E-state index < -0.39 is 0 Å². The summed E-state index contributed by atoms with van der Waals surface area (Å²) >= 11 is 1.71. The molecule has 96 valence electrons. The molecule has 2 aromatic rings. The zero-order valence-corrected chi connectivity index (χ0v) is 12.1. The fourth-order valence-corrected chi connectivity index (χ4v) is 2.79. The molecular formula is C14H19N3S. The zero-order valence-electron chi connectivity index (χ0n) is 11.3. The van der Waals surface area contributed by atoms with Gasteiger partial charge in [0, 0.05) is 29.2 Å². The SMILES string of the molecule is CNC(Cc1csc(C)n1)c1cc(C)nc(C)c1. The average Bonchev–Trinajstić information content (AvgIpc) is 2.70. The van der Waals surface area contributed by atoms with Gasteiger partial charge in [-0.2, -0.15) is 0 Å². The van der Waals surface area contributed by atoms with Gasteiger partial charge in [-0.25, -0.2) is 4.98 Å². The number of likely N-dealkylation sites (N-methyl/N-ethyl adjacent to an activating group) is 1. The summed E-state index contributed by atoms with van der Waals surface area (Å²) in [7, 11) is 2.00. The number of aryl methyl sites for hydroxylation is 3. The van der Waals surface area contributed by atoms with E-state index in [9.17, 15) is 0 Å². The van der Waals surface area contributed by atoms with Crippen LogP contribution >= 0.6 is 11.3 Å². The predicted molar refractivity (Wildman–Crippen MR) is 76.1 cm³/mol. The van der Waals surface area contributed by atoms with Gasteiger partial charge in [0.25, 0.3) is 0 Å². The van der Waals surface area contributed by atoms with Gasteiger partial charge >= 0.3 is 0 Å². The smallest absolute Gasteiger partial charge is 0.0897 e. The van der Waals surface area contributed by atoms with Gasteiger partial charge in [0.2, 0.25) is 0 Å². The highest BCUT2D eigenvalue weighted by molar-refractivity contribution is 7.09. The van der Waals surface area contributed by atoms with Crippen LogP contribution in [0.15, 0.2) is 17.5 Å². The van der Waals surface area contributed by atoms with E-state index in [0.29, 0.717) is 6.04 Å². The molecular weight excluding hydrogens is 242 g/mol. The monoisotopic (exact) mass is 261 g/mol. The lowest BCUT2D eigenvalue weighted by Crippen LogP contribution is -2.19. The summed E-state index contributed by atoms with van der Waals surface area (Å²) in [6, 6.07) is 4.59. The first-order chi connectivity index (χ1) is 8.58. The molecule has 1 unspecified atom stereocenters. The first-order valence-corrected chi connectivity index (χ1v) is 7.00. The van der Waals surface area contributed by atoms with Crippen LogP contribution in [0.25, 0.3) is 0 Å². The quantitative estimate of drug-likeness (QED) is 0.919. The van der Waals surface area contributed by atoms with Gasteiger partial charge in [0.15, 0.2) is 0 Å². The van der Waals surface area contributed by atoms with E-state index in [-0.39, 0.29) is 0 Å². The lowest BCUT2D eigenvalue weighted by molar-refractivity contribution is 0.583. The Labute approximate surface area is 112 Å². The van der Waals surface area contributed by atoms with Crippen LogP contribution in [0.2, 0.25) is 0 Å². The third-order valence-electron chi connectivity index (χ3n) is 2.93. The third-order valence-corrected chi connectivity index (χ3v) is 3.76. The van der Waals surface area contributed by atoms with E-state index in [1.54, 1.807) is 11.3 Å². The van der Waals surface area contributed by atoms with E-state index in [4.69, 9.17) is 0 Å². The van der Waals surface area contributed by atoms with Gasteiger partial charge in [-0.15, -0.1) is 11.3 Å². The fraction of sp³-hybridized carbons (Fsp3) is 0.429. The van der Waals surface area contributed by atoms with Gasteiger partial charge in [-0.1, -0.05) is 0 Å². The summed E-state index contributed by atoms with van der Waals surface area (Å²) in [4.78, 5) is 8.95. The van der Waals surface area contributed by atoms with Crippen LogP contribution in [0, 0.1) is 20.8 Å². The third kappa shape index (κ3) is 3.15. The summed E-state index contributed by atoms with van der Waals surface area (Å²) in [5, 5.41) is 6.63. The maximum atomic E-state index is 4.53. The lowest BCUT2D eigenvalue weighted by Gasteiger charge is -2.16. The Hall–Kier alpha value is -1.26. The summed E-state index contributed by atoms with van der Waals surface area (Å²) < 4.78 is 0. The topological polar surface area (TPSA) is 37.8 Å². The normalized spacial score (nSPS) is 12.7. The van der Waals surface area contributed by atoms with Crippen molar-refractivity contribution < 1.29 is 0 Å². The van der Waals surface area contributed by atoms with E-state index in [0.717, 1.165) is 28.5 Å². The van der Waals surface area contributed by atoms with Crippen LogP contribution in [-0.4, -0.2) is 17.0 Å². The Kier molecular flexibility index (Phi) is 4.09. The Morgan fingerprint density at radius 3 is 2.33 bits per heavy atom. The first kappa shape index (κ1) is 13.2. The maximum Gasteiger partial charge on any atom is 0.0897 e. The minimum atomic E-state index is 0.298. The van der Waals surface area contributed by atoms with E-state index in [1.165, 1.54) is 5.56 Å². The van der Waals surface area contributed by atoms with Crippen LogP contribution in [0.3, 0.4) is 0 Å². The Balaban J connectivity index is 2.22. The first-order valence-electron chi connectivity index (χ1n) is 6.12. The molecule has 0 bridgehead atoms. The second-order valence-corrected chi connectivity index (χ2v) is 5.65. The summed E-state index contributed by atoms with van der Waals surface area (Å²) in [5.74, 6) is 0. The second kappa shape index (κ2) is 5.59. The molecule has 0 radical (unpaired) electrons. The molecule has 0 saturated carbocycles. The number of thiazole rings is 1. The Bertz CT molecular complexity index is 513. The van der Waals surface area contributed by atoms with Crippen molar-refractivity contribution >= 4 is 11.3 Å². The highest BCUT2D eigenvalue weighted by atomic mass is 32.1. The predicted octanol–water partition coefficient (Wildman–Crippen LogP) is 2.97. The standard InChI is InChI=1S/C14H19N3S/c1-9-5-12(6-10(2)16-9)14(15-4)7-13-8-18-11(3)17-13/h5-6,8,14-15H,7H2,1-4H3. The lowest BCUT2D eigenvalue weighted by atomic mass is 10.0. The van der Waals surface area contributed by atoms with E-state index in [1.807, 2.05) is 27.8 Å². The molecule has 0 aliphatic carbocycles. The number of nitrogens with one attached hydrogen (secondary N) is 1. The van der Waals surface area contributed by atoms with Crippen molar-refractivity contribution in [1.29, 1.82) is 0 Å². The van der Waals surface area contributed by atoms with Gasteiger partial charge in [-0.3, -0.25) is 4.98 Å². The molecule has 0 fully saturated rings. The number of hydrogen-bond acceptors (Lipinski definition) is 4. The van der Waals surface area contributed by atoms with Crippen LogP contribution in [0.4, 0.5) is 0 Å². The molecule has 0 spiro atoms. The Morgan fingerprint density at radius 2 is 1.83 bits per heavy atom. The number of hydrogen-bond donors (Lipinski definition) is 1. The molecule has 1 atom stereocenters. The van der Waals surface area contributed by atoms with Crippen molar-refractivity contribution in [2.75, 3.05) is 7.05 Å². The zero-order chi connectivity index (χ0) is 13.1. The maximum absolute atomic E-state index is 4.53. The molecule has 2 heterocycles. The number of nitrogens with zero attached hydrogens (tertiary/aromatic N) is 2. The minimum absolute atomic E-state index is 0.298. The molecule has 18 heavy (non-hydrogen) atoms. The van der Waals surface area contributed by atoms with E-state index in [2.05, 4.69) is 32.8 Å². The molecule has 2 aromatic heterocycles. The van der Waals surface area contributed by atoms with Crippen molar-refractivity contribution in [2.45, 2.75) is 33.2 Å². The van der Waals surface area contributed by atoms with Crippen LogP contribution < -0.4 is 5.32 Å². The van der Waals surface area contributed by atoms with Gasteiger partial charge in [0.05, 0.1) is 10.7 Å². The van der Waals surface area contributed by atoms with Gasteiger partial charge in [0.1, 0.15) is 0 Å². The fourth-order valence-electron chi connectivity index (χ4n) is 2.17. The summed E-state index contributed by atoms with van der Waals surface area (Å²) in [5.41, 5.74) is 4.58. The van der Waals surface area contributed by atoms with Crippen LogP contribution in [-0.2, 0) is 6.42 Å². The average molecular weight is 261 g/mol. The van der Waals surface area contributed by atoms with Crippen LogP contribution in [0.5, 0.6) is 0 Å². The van der Waals surface area contributed by atoms with E-state index >= 15 is 0 Å². The summed E-state index contributed by atoms with van der Waals surface area (Å²) in [6.07, 6.45) is 0.920. The highest BCUT2D eigenvalue weighted by Crippen LogP contribution is 2.20. The molecule has 0 amide bonds. The molecule has 0 aliphatic heterocycles. The number of aromatic nitrogens is 2. The minimum Gasteiger partial charge on any atom is -0.313 e. The molecule has 1 N–H and O–H groups in total. The largest absolute Gasteiger partial charge is 0.313 e. The molecule has 0 aliphatic rings. The van der Waals surface area contributed by atoms with Crippen LogP contribution in [0.1, 0.15) is 33.7 Å². The second-order valence-electron chi connectivity index (χ2n) is 4.59. The van der Waals surface area contributed by atoms with Gasteiger partial charge < -0.3 is 5.32 Å².